The summed E-state index contributed by atoms with van der Waals surface area (Å²) >= 11 is 0. The van der Waals surface area contributed by atoms with Crippen molar-refractivity contribution in [2.24, 2.45) is 11.7 Å². The second-order valence-corrected chi connectivity index (χ2v) is 6.36. The van der Waals surface area contributed by atoms with Crippen molar-refractivity contribution in [2.75, 3.05) is 13.1 Å². The normalized spacial score (nSPS) is 20.5. The number of nitrogens with two attached hydrogens (primary N) is 1. The van der Waals surface area contributed by atoms with Gasteiger partial charge < -0.3 is 10.6 Å². The van der Waals surface area contributed by atoms with Crippen molar-refractivity contribution in [3.63, 3.8) is 0 Å². The average Bonchev–Trinajstić information content (AvgIpc) is 3.17. The number of hydrogen-bond acceptors (Lipinski definition) is 4. The highest BCUT2D eigenvalue weighted by Crippen LogP contribution is 2.30. The Morgan fingerprint density at radius 3 is 2.50 bits per heavy atom. The van der Waals surface area contributed by atoms with Crippen LogP contribution < -0.4 is 5.73 Å². The Labute approximate surface area is 129 Å². The molecular formula is C15H23N5O2. The van der Waals surface area contributed by atoms with E-state index in [2.05, 4.69) is 15.2 Å². The largest absolute Gasteiger partial charge is 0.369 e. The van der Waals surface area contributed by atoms with E-state index in [1.54, 1.807) is 0 Å². The minimum absolute atomic E-state index is 0.0893. The smallest absolute Gasteiger partial charge is 0.225 e. The van der Waals surface area contributed by atoms with Crippen LogP contribution in [0.1, 0.15) is 56.1 Å². The van der Waals surface area contributed by atoms with Crippen LogP contribution in [0.3, 0.4) is 0 Å². The van der Waals surface area contributed by atoms with Gasteiger partial charge in [0.1, 0.15) is 5.82 Å². The molecule has 2 amide bonds. The topological polar surface area (TPSA) is 105 Å². The third-order valence-electron chi connectivity index (χ3n) is 4.77. The van der Waals surface area contributed by atoms with E-state index in [0.717, 1.165) is 44.6 Å². The number of carbonyl (C=O) groups is 2. The fourth-order valence-electron chi connectivity index (χ4n) is 3.53. The molecule has 2 heterocycles. The molecule has 0 atom stereocenters. The zero-order valence-electron chi connectivity index (χ0n) is 12.8. The third-order valence-corrected chi connectivity index (χ3v) is 4.77. The van der Waals surface area contributed by atoms with Crippen LogP contribution in [0.5, 0.6) is 0 Å². The molecule has 1 aliphatic heterocycles. The molecule has 3 N–H and O–H groups in total. The highest BCUT2D eigenvalue weighted by Gasteiger charge is 2.31. The number of aromatic nitrogens is 3. The summed E-state index contributed by atoms with van der Waals surface area (Å²) in [4.78, 5) is 29.6. The van der Waals surface area contributed by atoms with Crippen LogP contribution in [-0.2, 0) is 16.0 Å². The number of likely N-dealkylation sites (tertiary alicyclic amines) is 1. The third kappa shape index (κ3) is 3.28. The molecule has 22 heavy (non-hydrogen) atoms. The molecule has 7 nitrogen and oxygen atoms in total. The molecular weight excluding hydrogens is 282 g/mol. The van der Waals surface area contributed by atoms with Crippen LogP contribution in [0, 0.1) is 5.92 Å². The van der Waals surface area contributed by atoms with E-state index in [1.165, 1.54) is 12.8 Å². The Hall–Kier alpha value is -1.92. The van der Waals surface area contributed by atoms with Gasteiger partial charge in [-0.1, -0.05) is 12.8 Å². The van der Waals surface area contributed by atoms with Gasteiger partial charge >= 0.3 is 0 Å². The number of carbonyl (C=O) groups excluding carboxylic acids is 2. The van der Waals surface area contributed by atoms with Crippen LogP contribution in [0.15, 0.2) is 0 Å². The van der Waals surface area contributed by atoms with Gasteiger partial charge in [-0.05, 0) is 25.7 Å². The lowest BCUT2D eigenvalue weighted by molar-refractivity contribution is -0.136. The Bertz CT molecular complexity index is 542. The van der Waals surface area contributed by atoms with Crippen LogP contribution in [0.4, 0.5) is 0 Å². The Morgan fingerprint density at radius 1 is 1.18 bits per heavy atom. The number of primary amides is 1. The molecule has 0 bridgehead atoms. The lowest BCUT2D eigenvalue weighted by atomic mass is 9.94. The van der Waals surface area contributed by atoms with Crippen molar-refractivity contribution in [2.45, 2.75) is 50.9 Å². The van der Waals surface area contributed by atoms with Gasteiger partial charge in [0.15, 0.2) is 5.82 Å². The van der Waals surface area contributed by atoms with E-state index >= 15 is 0 Å². The number of amides is 2. The number of hydrogen-bond donors (Lipinski definition) is 2. The molecule has 0 radical (unpaired) electrons. The summed E-state index contributed by atoms with van der Waals surface area (Å²) in [5, 5.41) is 6.96. The molecule has 0 aromatic carbocycles. The molecule has 1 aromatic heterocycles. The monoisotopic (exact) mass is 305 g/mol. The van der Waals surface area contributed by atoms with E-state index in [4.69, 9.17) is 5.73 Å². The van der Waals surface area contributed by atoms with Crippen molar-refractivity contribution in [3.05, 3.63) is 11.6 Å². The molecule has 1 aliphatic carbocycles. The standard InChI is InChI=1S/C15H23N5O2/c16-12(21)9-13-17-14(19-18-13)10-5-7-20(8-6-10)15(22)11-3-1-2-4-11/h10-11H,1-9H2,(H2,16,21)(H,17,18,19). The molecule has 1 aromatic rings. The summed E-state index contributed by atoms with van der Waals surface area (Å²) in [6.07, 6.45) is 6.33. The molecule has 2 fully saturated rings. The first kappa shape index (κ1) is 15.0. The minimum atomic E-state index is -0.417. The van der Waals surface area contributed by atoms with Gasteiger partial charge in [0.05, 0.1) is 6.42 Å². The number of nitrogens with zero attached hydrogens (tertiary/aromatic N) is 3. The van der Waals surface area contributed by atoms with Gasteiger partial charge in [-0.2, -0.15) is 5.10 Å². The van der Waals surface area contributed by atoms with Crippen LogP contribution in [-0.4, -0.2) is 45.0 Å². The summed E-state index contributed by atoms with van der Waals surface area (Å²) < 4.78 is 0. The van der Waals surface area contributed by atoms with Crippen molar-refractivity contribution < 1.29 is 9.59 Å². The SMILES string of the molecule is NC(=O)Cc1nc(C2CCN(C(=O)C3CCCC3)CC2)n[nH]1. The van der Waals surface area contributed by atoms with E-state index < -0.39 is 5.91 Å². The highest BCUT2D eigenvalue weighted by atomic mass is 16.2. The van der Waals surface area contributed by atoms with Crippen LogP contribution >= 0.6 is 0 Å². The number of rotatable bonds is 4. The number of H-pyrrole nitrogens is 1. The summed E-state index contributed by atoms with van der Waals surface area (Å²) in [6.45, 7) is 1.55. The van der Waals surface area contributed by atoms with E-state index in [9.17, 15) is 9.59 Å². The highest BCUT2D eigenvalue weighted by molar-refractivity contribution is 5.79. The van der Waals surface area contributed by atoms with Gasteiger partial charge in [0.2, 0.25) is 11.8 Å². The fourth-order valence-corrected chi connectivity index (χ4v) is 3.53. The van der Waals surface area contributed by atoms with Gasteiger partial charge in [-0.3, -0.25) is 14.7 Å². The number of aromatic amines is 1. The first-order valence-electron chi connectivity index (χ1n) is 8.11. The lowest BCUT2D eigenvalue weighted by Gasteiger charge is -2.32. The number of piperidine rings is 1. The number of nitrogens with one attached hydrogen (secondary N) is 1. The van der Waals surface area contributed by atoms with Crippen molar-refractivity contribution in [3.8, 4) is 0 Å². The molecule has 120 valence electrons. The second-order valence-electron chi connectivity index (χ2n) is 6.36. The maximum absolute atomic E-state index is 12.4. The molecule has 2 aliphatic rings. The van der Waals surface area contributed by atoms with Crippen molar-refractivity contribution in [1.29, 1.82) is 0 Å². The summed E-state index contributed by atoms with van der Waals surface area (Å²) in [5.41, 5.74) is 5.15. The lowest BCUT2D eigenvalue weighted by Crippen LogP contribution is -2.41. The zero-order chi connectivity index (χ0) is 15.5. The van der Waals surface area contributed by atoms with Gasteiger partial charge in [0.25, 0.3) is 0 Å². The van der Waals surface area contributed by atoms with Crippen LogP contribution in [0.25, 0.3) is 0 Å². The molecule has 1 saturated carbocycles. The van der Waals surface area contributed by atoms with Crippen molar-refractivity contribution in [1.82, 2.24) is 20.1 Å². The molecule has 0 spiro atoms. The Kier molecular flexibility index (Phi) is 4.40. The molecule has 3 rings (SSSR count). The Balaban J connectivity index is 1.53. The van der Waals surface area contributed by atoms with E-state index in [1.807, 2.05) is 4.90 Å². The zero-order valence-corrected chi connectivity index (χ0v) is 12.8. The summed E-state index contributed by atoms with van der Waals surface area (Å²) in [6, 6.07) is 0. The van der Waals surface area contributed by atoms with E-state index in [0.29, 0.717) is 11.7 Å². The van der Waals surface area contributed by atoms with Crippen LogP contribution in [0.2, 0.25) is 0 Å². The second kappa shape index (κ2) is 6.46. The maximum Gasteiger partial charge on any atom is 0.225 e. The quantitative estimate of drug-likeness (QED) is 0.855. The summed E-state index contributed by atoms with van der Waals surface area (Å²) in [5.74, 6) is 1.68. The fraction of sp³-hybridized carbons (Fsp3) is 0.733. The van der Waals surface area contributed by atoms with Gasteiger partial charge in [0, 0.05) is 24.9 Å². The summed E-state index contributed by atoms with van der Waals surface area (Å²) in [7, 11) is 0. The first-order chi connectivity index (χ1) is 10.6. The molecule has 7 heteroatoms. The maximum atomic E-state index is 12.4. The first-order valence-corrected chi connectivity index (χ1v) is 8.11. The van der Waals surface area contributed by atoms with Crippen molar-refractivity contribution >= 4 is 11.8 Å². The predicted molar refractivity (Wildman–Crippen MR) is 79.8 cm³/mol. The Morgan fingerprint density at radius 2 is 1.86 bits per heavy atom. The molecule has 1 saturated heterocycles. The van der Waals surface area contributed by atoms with E-state index in [-0.39, 0.29) is 18.3 Å². The van der Waals surface area contributed by atoms with Gasteiger partial charge in [-0.15, -0.1) is 0 Å². The minimum Gasteiger partial charge on any atom is -0.369 e. The average molecular weight is 305 g/mol. The van der Waals surface area contributed by atoms with Gasteiger partial charge in [-0.25, -0.2) is 4.98 Å². The molecule has 0 unspecified atom stereocenters. The predicted octanol–water partition coefficient (Wildman–Crippen LogP) is 0.729.